The van der Waals surface area contributed by atoms with Gasteiger partial charge in [-0.3, -0.25) is 0 Å². The highest BCUT2D eigenvalue weighted by molar-refractivity contribution is 7.11. The fourth-order valence-corrected chi connectivity index (χ4v) is 3.76. The molecule has 0 aromatic carbocycles. The van der Waals surface area contributed by atoms with Crippen molar-refractivity contribution in [2.45, 2.75) is 13.0 Å². The monoisotopic (exact) mass is 320 g/mol. The predicted molar refractivity (Wildman–Crippen MR) is 88.1 cm³/mol. The van der Waals surface area contributed by atoms with Crippen LogP contribution in [0.1, 0.15) is 21.4 Å². The molecule has 102 valence electrons. The van der Waals surface area contributed by atoms with E-state index in [9.17, 15) is 0 Å². The lowest BCUT2D eigenvalue weighted by Gasteiger charge is -2.17. The van der Waals surface area contributed by atoms with Crippen molar-refractivity contribution in [2.24, 2.45) is 0 Å². The second-order valence-corrected chi connectivity index (χ2v) is 6.76. The van der Waals surface area contributed by atoms with Crippen LogP contribution in [-0.2, 0) is 0 Å². The van der Waals surface area contributed by atoms with E-state index in [1.54, 1.807) is 28.9 Å². The first-order chi connectivity index (χ1) is 9.74. The van der Waals surface area contributed by atoms with Gasteiger partial charge in [-0.15, -0.1) is 22.7 Å². The van der Waals surface area contributed by atoms with Gasteiger partial charge in [0.15, 0.2) is 0 Å². The van der Waals surface area contributed by atoms with E-state index in [0.717, 1.165) is 11.3 Å². The quantitative estimate of drug-likeness (QED) is 0.654. The van der Waals surface area contributed by atoms with E-state index < -0.39 is 0 Å². The molecule has 0 aliphatic heterocycles. The zero-order chi connectivity index (χ0) is 13.9. The van der Waals surface area contributed by atoms with Gasteiger partial charge in [0.1, 0.15) is 5.15 Å². The second kappa shape index (κ2) is 5.95. The Kier molecular flexibility index (Phi) is 4.05. The minimum atomic E-state index is 0.164. The number of nitrogens with one attached hydrogen (secondary N) is 1. The molecular weight excluding hydrogens is 308 g/mol. The fraction of sp³-hybridized carbons (Fsp3) is 0.133. The molecule has 0 aliphatic rings. The smallest absolute Gasteiger partial charge is 0.132 e. The van der Waals surface area contributed by atoms with Gasteiger partial charge >= 0.3 is 0 Å². The predicted octanol–water partition coefficient (Wildman–Crippen LogP) is 5.37. The minimum absolute atomic E-state index is 0.164. The number of nitrogens with zero attached hydrogens (tertiary/aromatic N) is 1. The molecule has 0 amide bonds. The molecule has 3 rings (SSSR count). The van der Waals surface area contributed by atoms with Gasteiger partial charge in [0.05, 0.1) is 17.9 Å². The van der Waals surface area contributed by atoms with Gasteiger partial charge in [-0.2, -0.15) is 0 Å². The molecule has 0 bridgehead atoms. The maximum absolute atomic E-state index is 5.98. The molecule has 1 N–H and O–H groups in total. The fourth-order valence-electron chi connectivity index (χ4n) is 2.00. The van der Waals surface area contributed by atoms with Crippen LogP contribution < -0.4 is 5.32 Å². The Morgan fingerprint density at radius 2 is 1.80 bits per heavy atom. The van der Waals surface area contributed by atoms with Crippen molar-refractivity contribution in [3.8, 4) is 0 Å². The van der Waals surface area contributed by atoms with E-state index in [1.165, 1.54) is 9.75 Å². The van der Waals surface area contributed by atoms with Crippen molar-refractivity contribution >= 4 is 40.0 Å². The maximum atomic E-state index is 5.98. The highest BCUT2D eigenvalue weighted by Gasteiger charge is 2.16. The molecule has 0 fully saturated rings. The molecule has 3 aromatic rings. The number of aromatic nitrogens is 1. The van der Waals surface area contributed by atoms with Crippen LogP contribution in [0.2, 0.25) is 5.15 Å². The lowest BCUT2D eigenvalue weighted by molar-refractivity contribution is 0.987. The number of aryl methyl sites for hydroxylation is 1. The number of rotatable bonds is 4. The van der Waals surface area contributed by atoms with E-state index in [4.69, 9.17) is 11.6 Å². The summed E-state index contributed by atoms with van der Waals surface area (Å²) in [6.07, 6.45) is 1.78. The summed E-state index contributed by atoms with van der Waals surface area (Å²) in [4.78, 5) is 6.79. The lowest BCUT2D eigenvalue weighted by Crippen LogP contribution is -2.09. The standard InChI is InChI=1S/C15H13ClN2S2/c1-10-8-11(9-17-15(10)16)18-14(12-4-2-6-19-12)13-5-3-7-20-13/h2-9,14,18H,1H3. The van der Waals surface area contributed by atoms with Gasteiger partial charge < -0.3 is 5.32 Å². The van der Waals surface area contributed by atoms with Crippen LogP contribution in [0.25, 0.3) is 0 Å². The first-order valence-corrected chi connectivity index (χ1v) is 8.33. The zero-order valence-electron chi connectivity index (χ0n) is 10.8. The van der Waals surface area contributed by atoms with Gasteiger partial charge in [-0.1, -0.05) is 23.7 Å². The van der Waals surface area contributed by atoms with E-state index in [1.807, 2.05) is 13.0 Å². The summed E-state index contributed by atoms with van der Waals surface area (Å²) in [6, 6.07) is 10.7. The highest BCUT2D eigenvalue weighted by Crippen LogP contribution is 2.32. The molecule has 0 aliphatic carbocycles. The van der Waals surface area contributed by atoms with Crippen LogP contribution >= 0.6 is 34.3 Å². The van der Waals surface area contributed by atoms with Crippen molar-refractivity contribution < 1.29 is 0 Å². The molecule has 3 aromatic heterocycles. The Morgan fingerprint density at radius 1 is 1.15 bits per heavy atom. The van der Waals surface area contributed by atoms with Crippen molar-refractivity contribution in [1.82, 2.24) is 4.98 Å². The first-order valence-electron chi connectivity index (χ1n) is 6.19. The van der Waals surface area contributed by atoms with Crippen LogP contribution in [-0.4, -0.2) is 4.98 Å². The summed E-state index contributed by atoms with van der Waals surface area (Å²) in [7, 11) is 0. The second-order valence-electron chi connectivity index (χ2n) is 4.44. The Labute approximate surface area is 131 Å². The molecule has 0 atom stereocenters. The van der Waals surface area contributed by atoms with Crippen molar-refractivity contribution in [1.29, 1.82) is 0 Å². The molecule has 20 heavy (non-hydrogen) atoms. The van der Waals surface area contributed by atoms with Gasteiger partial charge in [0.25, 0.3) is 0 Å². The number of hydrogen-bond acceptors (Lipinski definition) is 4. The van der Waals surface area contributed by atoms with Crippen LogP contribution in [0.3, 0.4) is 0 Å². The molecular formula is C15H13ClN2S2. The van der Waals surface area contributed by atoms with Gasteiger partial charge in [0, 0.05) is 9.75 Å². The SMILES string of the molecule is Cc1cc(NC(c2cccs2)c2cccs2)cnc1Cl. The number of hydrogen-bond donors (Lipinski definition) is 1. The number of anilines is 1. The Hall–Kier alpha value is -1.36. The molecule has 0 saturated heterocycles. The van der Waals surface area contributed by atoms with Gasteiger partial charge in [0.2, 0.25) is 0 Å². The summed E-state index contributed by atoms with van der Waals surface area (Å²) in [5.41, 5.74) is 1.96. The Bertz CT molecular complexity index is 644. The molecule has 0 unspecified atom stereocenters. The average Bonchev–Trinajstić information content (AvgIpc) is 3.12. The topological polar surface area (TPSA) is 24.9 Å². The van der Waals surface area contributed by atoms with Crippen molar-refractivity contribution in [2.75, 3.05) is 5.32 Å². The number of halogens is 1. The average molecular weight is 321 g/mol. The molecule has 3 heterocycles. The van der Waals surface area contributed by atoms with Crippen molar-refractivity contribution in [3.05, 3.63) is 67.8 Å². The van der Waals surface area contributed by atoms with Gasteiger partial charge in [-0.25, -0.2) is 4.98 Å². The molecule has 5 heteroatoms. The summed E-state index contributed by atoms with van der Waals surface area (Å²) < 4.78 is 0. The summed E-state index contributed by atoms with van der Waals surface area (Å²) >= 11 is 9.49. The minimum Gasteiger partial charge on any atom is -0.371 e. The van der Waals surface area contributed by atoms with Crippen LogP contribution in [0.15, 0.2) is 47.3 Å². The van der Waals surface area contributed by atoms with E-state index in [2.05, 4.69) is 45.3 Å². The zero-order valence-corrected chi connectivity index (χ0v) is 13.2. The van der Waals surface area contributed by atoms with Crippen LogP contribution in [0.4, 0.5) is 5.69 Å². The van der Waals surface area contributed by atoms with E-state index in [-0.39, 0.29) is 6.04 Å². The molecule has 2 nitrogen and oxygen atoms in total. The third-order valence-corrected chi connectivity index (χ3v) is 5.25. The lowest BCUT2D eigenvalue weighted by atomic mass is 10.2. The number of pyridine rings is 1. The third kappa shape index (κ3) is 2.87. The number of thiophene rings is 2. The Morgan fingerprint density at radius 3 is 2.30 bits per heavy atom. The van der Waals surface area contributed by atoms with Crippen LogP contribution in [0.5, 0.6) is 0 Å². The third-order valence-electron chi connectivity index (χ3n) is 2.98. The molecule has 0 saturated carbocycles. The van der Waals surface area contributed by atoms with E-state index in [0.29, 0.717) is 5.15 Å². The largest absolute Gasteiger partial charge is 0.371 e. The Balaban J connectivity index is 1.92. The van der Waals surface area contributed by atoms with Gasteiger partial charge in [-0.05, 0) is 41.4 Å². The summed E-state index contributed by atoms with van der Waals surface area (Å²) in [6.45, 7) is 1.96. The normalized spacial score (nSPS) is 10.9. The molecule has 0 spiro atoms. The summed E-state index contributed by atoms with van der Waals surface area (Å²) in [5.74, 6) is 0. The van der Waals surface area contributed by atoms with Crippen LogP contribution in [0, 0.1) is 6.92 Å². The van der Waals surface area contributed by atoms with E-state index >= 15 is 0 Å². The highest BCUT2D eigenvalue weighted by atomic mass is 35.5. The van der Waals surface area contributed by atoms with Crippen molar-refractivity contribution in [3.63, 3.8) is 0 Å². The first kappa shape index (κ1) is 13.6. The maximum Gasteiger partial charge on any atom is 0.132 e. The molecule has 0 radical (unpaired) electrons. The summed E-state index contributed by atoms with van der Waals surface area (Å²) in [5, 5.41) is 8.31.